The van der Waals surface area contributed by atoms with Gasteiger partial charge in [-0.05, 0) is 39.0 Å². The number of rotatable bonds is 0. The van der Waals surface area contributed by atoms with Gasteiger partial charge in [0.05, 0.1) is 11.1 Å². The zero-order valence-corrected chi connectivity index (χ0v) is 10.0. The van der Waals surface area contributed by atoms with Crippen molar-refractivity contribution in [2.75, 3.05) is 0 Å². The molecule has 0 saturated carbocycles. The van der Waals surface area contributed by atoms with Crippen LogP contribution in [0.3, 0.4) is 0 Å². The van der Waals surface area contributed by atoms with Gasteiger partial charge in [0.25, 0.3) is 11.8 Å². The molecule has 0 aromatic heterocycles. The summed E-state index contributed by atoms with van der Waals surface area (Å²) < 4.78 is 0. The maximum Gasteiger partial charge on any atom is 0.258 e. The maximum absolute atomic E-state index is 11.4. The van der Waals surface area contributed by atoms with Crippen molar-refractivity contribution in [1.82, 2.24) is 5.32 Å². The van der Waals surface area contributed by atoms with E-state index >= 15 is 0 Å². The molecule has 0 bridgehead atoms. The molecular formula is C14H13NO2. The first-order chi connectivity index (χ1) is 7.87. The molecule has 17 heavy (non-hydrogen) atoms. The van der Waals surface area contributed by atoms with Gasteiger partial charge in [-0.1, -0.05) is 11.8 Å². The highest BCUT2D eigenvalue weighted by atomic mass is 16.2. The van der Waals surface area contributed by atoms with Crippen molar-refractivity contribution in [2.24, 2.45) is 5.41 Å². The summed E-state index contributed by atoms with van der Waals surface area (Å²) in [6, 6.07) is 5.06. The van der Waals surface area contributed by atoms with Gasteiger partial charge in [-0.2, -0.15) is 0 Å². The first-order valence-electron chi connectivity index (χ1n) is 5.40. The number of benzene rings is 1. The van der Waals surface area contributed by atoms with Crippen LogP contribution in [0.4, 0.5) is 0 Å². The van der Waals surface area contributed by atoms with Crippen molar-refractivity contribution in [3.63, 3.8) is 0 Å². The topological polar surface area (TPSA) is 46.2 Å². The van der Waals surface area contributed by atoms with Crippen LogP contribution >= 0.6 is 0 Å². The lowest BCUT2D eigenvalue weighted by Gasteiger charge is -2.06. The van der Waals surface area contributed by atoms with Gasteiger partial charge in [-0.3, -0.25) is 14.9 Å². The summed E-state index contributed by atoms with van der Waals surface area (Å²) in [5.41, 5.74) is 1.51. The molecule has 3 nitrogen and oxygen atoms in total. The summed E-state index contributed by atoms with van der Waals surface area (Å²) in [5.74, 6) is 5.42. The number of fused-ring (bicyclic) bond motifs is 1. The quantitative estimate of drug-likeness (QED) is 0.544. The molecule has 0 spiro atoms. The summed E-state index contributed by atoms with van der Waals surface area (Å²) in [6.45, 7) is 6.05. The van der Waals surface area contributed by atoms with Crippen LogP contribution in [0.2, 0.25) is 0 Å². The van der Waals surface area contributed by atoms with Crippen LogP contribution in [-0.4, -0.2) is 11.8 Å². The van der Waals surface area contributed by atoms with Crippen molar-refractivity contribution in [2.45, 2.75) is 20.8 Å². The van der Waals surface area contributed by atoms with Gasteiger partial charge in [0.2, 0.25) is 0 Å². The van der Waals surface area contributed by atoms with Crippen molar-refractivity contribution < 1.29 is 9.59 Å². The van der Waals surface area contributed by atoms with E-state index in [1.54, 1.807) is 18.2 Å². The standard InChI is InChI=1S/C14H13NO2/c1-14(2,3)7-6-9-4-5-10-11(8-9)13(17)15-12(10)16/h4-5,8H,1-3H3,(H,15,16,17). The van der Waals surface area contributed by atoms with Crippen molar-refractivity contribution >= 4 is 11.8 Å². The molecule has 1 aliphatic heterocycles. The number of carbonyl (C=O) groups is 2. The number of hydrogen-bond donors (Lipinski definition) is 1. The second kappa shape index (κ2) is 3.74. The second-order valence-corrected chi connectivity index (χ2v) is 5.04. The molecule has 3 heteroatoms. The van der Waals surface area contributed by atoms with Crippen LogP contribution in [0.5, 0.6) is 0 Å². The Morgan fingerprint density at radius 1 is 1.06 bits per heavy atom. The predicted octanol–water partition coefficient (Wildman–Crippen LogP) is 1.97. The Kier molecular flexibility index (Phi) is 2.51. The van der Waals surface area contributed by atoms with Crippen molar-refractivity contribution in [1.29, 1.82) is 0 Å². The van der Waals surface area contributed by atoms with Crippen LogP contribution in [0.1, 0.15) is 47.1 Å². The molecule has 0 fully saturated rings. The summed E-state index contributed by atoms with van der Waals surface area (Å²) in [7, 11) is 0. The Morgan fingerprint density at radius 3 is 2.35 bits per heavy atom. The normalized spacial score (nSPS) is 13.8. The van der Waals surface area contributed by atoms with Gasteiger partial charge in [0, 0.05) is 11.0 Å². The zero-order chi connectivity index (χ0) is 12.6. The monoisotopic (exact) mass is 227 g/mol. The molecule has 1 aromatic rings. The molecule has 0 atom stereocenters. The Morgan fingerprint density at radius 2 is 1.71 bits per heavy atom. The molecule has 0 aliphatic carbocycles. The third-order valence-electron chi connectivity index (χ3n) is 2.32. The minimum Gasteiger partial charge on any atom is -0.288 e. The zero-order valence-electron chi connectivity index (χ0n) is 10.0. The lowest BCUT2D eigenvalue weighted by Crippen LogP contribution is -2.19. The lowest BCUT2D eigenvalue weighted by molar-refractivity contribution is 0.0879. The van der Waals surface area contributed by atoms with E-state index in [1.165, 1.54) is 0 Å². The summed E-state index contributed by atoms with van der Waals surface area (Å²) >= 11 is 0. The van der Waals surface area contributed by atoms with Crippen LogP contribution in [0.25, 0.3) is 0 Å². The summed E-state index contributed by atoms with van der Waals surface area (Å²) in [4.78, 5) is 22.8. The van der Waals surface area contributed by atoms with E-state index in [2.05, 4.69) is 17.2 Å². The fourth-order valence-electron chi connectivity index (χ4n) is 1.51. The van der Waals surface area contributed by atoms with E-state index in [9.17, 15) is 9.59 Å². The summed E-state index contributed by atoms with van der Waals surface area (Å²) in [6.07, 6.45) is 0. The molecule has 0 unspecified atom stereocenters. The Hall–Kier alpha value is -2.08. The molecule has 1 aromatic carbocycles. The fraction of sp³-hybridized carbons (Fsp3) is 0.286. The molecule has 2 rings (SSSR count). The average molecular weight is 227 g/mol. The highest BCUT2D eigenvalue weighted by Gasteiger charge is 2.26. The molecule has 1 aliphatic rings. The fourth-order valence-corrected chi connectivity index (χ4v) is 1.51. The molecule has 0 saturated heterocycles. The SMILES string of the molecule is CC(C)(C)C#Cc1ccc2c(c1)C(=O)NC2=O. The van der Waals surface area contributed by atoms with Gasteiger partial charge in [0.1, 0.15) is 0 Å². The average Bonchev–Trinajstić information content (AvgIpc) is 2.51. The van der Waals surface area contributed by atoms with Crippen LogP contribution in [-0.2, 0) is 0 Å². The third-order valence-corrected chi connectivity index (χ3v) is 2.32. The first kappa shape index (κ1) is 11.4. The molecule has 2 amide bonds. The number of imide groups is 1. The van der Waals surface area contributed by atoms with Crippen LogP contribution in [0, 0.1) is 17.3 Å². The third kappa shape index (κ3) is 2.36. The lowest BCUT2D eigenvalue weighted by atomic mass is 9.97. The Labute approximate surface area is 100 Å². The smallest absolute Gasteiger partial charge is 0.258 e. The van der Waals surface area contributed by atoms with Crippen molar-refractivity contribution in [3.8, 4) is 11.8 Å². The molecular weight excluding hydrogens is 214 g/mol. The minimum absolute atomic E-state index is 0.0862. The highest BCUT2D eigenvalue weighted by Crippen LogP contribution is 2.17. The molecule has 1 heterocycles. The first-order valence-corrected chi connectivity index (χ1v) is 5.40. The van der Waals surface area contributed by atoms with E-state index in [0.29, 0.717) is 11.1 Å². The van der Waals surface area contributed by atoms with E-state index in [1.807, 2.05) is 20.8 Å². The molecule has 0 radical (unpaired) electrons. The second-order valence-electron chi connectivity index (χ2n) is 5.04. The van der Waals surface area contributed by atoms with E-state index in [0.717, 1.165) is 5.56 Å². The highest BCUT2D eigenvalue weighted by molar-refractivity contribution is 6.21. The van der Waals surface area contributed by atoms with E-state index in [-0.39, 0.29) is 17.2 Å². The number of nitrogens with one attached hydrogen (secondary N) is 1. The number of hydrogen-bond acceptors (Lipinski definition) is 2. The van der Waals surface area contributed by atoms with Crippen LogP contribution < -0.4 is 5.32 Å². The molecule has 86 valence electrons. The van der Waals surface area contributed by atoms with E-state index in [4.69, 9.17) is 0 Å². The summed E-state index contributed by atoms with van der Waals surface area (Å²) in [5, 5.41) is 2.26. The number of amides is 2. The van der Waals surface area contributed by atoms with Crippen molar-refractivity contribution in [3.05, 3.63) is 34.9 Å². The van der Waals surface area contributed by atoms with Gasteiger partial charge >= 0.3 is 0 Å². The molecule has 1 N–H and O–H groups in total. The maximum atomic E-state index is 11.4. The van der Waals surface area contributed by atoms with Gasteiger partial charge in [0.15, 0.2) is 0 Å². The predicted molar refractivity (Wildman–Crippen MR) is 64.6 cm³/mol. The van der Waals surface area contributed by atoms with Gasteiger partial charge in [-0.15, -0.1) is 0 Å². The van der Waals surface area contributed by atoms with E-state index < -0.39 is 0 Å². The largest absolute Gasteiger partial charge is 0.288 e. The minimum atomic E-state index is -0.343. The van der Waals surface area contributed by atoms with Gasteiger partial charge in [-0.25, -0.2) is 0 Å². The van der Waals surface area contributed by atoms with Crippen LogP contribution in [0.15, 0.2) is 18.2 Å². The number of carbonyl (C=O) groups excluding carboxylic acids is 2. The Balaban J connectivity index is 2.41. The van der Waals surface area contributed by atoms with Gasteiger partial charge < -0.3 is 0 Å². The Bertz CT molecular complexity index is 568.